The van der Waals surface area contributed by atoms with Crippen LogP contribution in [-0.4, -0.2) is 28.4 Å². The molecule has 136 valence electrons. The summed E-state index contributed by atoms with van der Waals surface area (Å²) in [7, 11) is 0. The minimum absolute atomic E-state index is 0.0184. The number of hydrogen-bond donors (Lipinski definition) is 1. The van der Waals surface area contributed by atoms with Crippen LogP contribution in [0.3, 0.4) is 0 Å². The van der Waals surface area contributed by atoms with Gasteiger partial charge in [0.05, 0.1) is 15.5 Å². The smallest absolute Gasteiger partial charge is 0.340 e. The lowest BCUT2D eigenvalue weighted by molar-refractivity contribution is -0.384. The molecule has 26 heavy (non-hydrogen) atoms. The molecule has 0 saturated carbocycles. The molecule has 0 atom stereocenters. The topological polar surface area (TPSA) is 111 Å². The predicted molar refractivity (Wildman–Crippen MR) is 95.7 cm³/mol. The molecule has 10 heteroatoms. The second kappa shape index (κ2) is 8.11. The number of nitro groups is 1. The standard InChI is InChI=1S/C16H13Cl2N3O5/c1-8-3-4-12(21(24)25)14(9(8)2)20-13(22)7-26-16(23)10-5-11(17)15(18)19-6-10/h3-6H,7H2,1-2H3,(H,20,22). The van der Waals surface area contributed by atoms with Gasteiger partial charge in [0.25, 0.3) is 11.6 Å². The highest BCUT2D eigenvalue weighted by Gasteiger charge is 2.20. The first-order chi connectivity index (χ1) is 12.2. The van der Waals surface area contributed by atoms with E-state index in [2.05, 4.69) is 10.3 Å². The van der Waals surface area contributed by atoms with Crippen molar-refractivity contribution in [3.63, 3.8) is 0 Å². The summed E-state index contributed by atoms with van der Waals surface area (Å²) in [5.74, 6) is -1.55. The largest absolute Gasteiger partial charge is 0.452 e. The minimum Gasteiger partial charge on any atom is -0.452 e. The van der Waals surface area contributed by atoms with Crippen LogP contribution in [0.25, 0.3) is 0 Å². The van der Waals surface area contributed by atoms with Crippen molar-refractivity contribution in [2.24, 2.45) is 0 Å². The number of amides is 1. The van der Waals surface area contributed by atoms with Crippen LogP contribution in [-0.2, 0) is 9.53 Å². The summed E-state index contributed by atoms with van der Waals surface area (Å²) in [5.41, 5.74) is 1.15. The number of carbonyl (C=O) groups is 2. The van der Waals surface area contributed by atoms with Crippen LogP contribution in [0.2, 0.25) is 10.2 Å². The lowest BCUT2D eigenvalue weighted by Gasteiger charge is -2.11. The Morgan fingerprint density at radius 2 is 2.00 bits per heavy atom. The third-order valence-electron chi connectivity index (χ3n) is 3.54. The second-order valence-electron chi connectivity index (χ2n) is 5.28. The van der Waals surface area contributed by atoms with Crippen molar-refractivity contribution in [3.8, 4) is 0 Å². The number of aryl methyl sites for hydroxylation is 1. The highest BCUT2D eigenvalue weighted by Crippen LogP contribution is 2.30. The Morgan fingerprint density at radius 1 is 1.31 bits per heavy atom. The molecular weight excluding hydrogens is 385 g/mol. The second-order valence-corrected chi connectivity index (χ2v) is 6.04. The number of anilines is 1. The molecule has 1 aromatic carbocycles. The van der Waals surface area contributed by atoms with Gasteiger partial charge in [-0.1, -0.05) is 29.3 Å². The van der Waals surface area contributed by atoms with Crippen molar-refractivity contribution in [1.29, 1.82) is 0 Å². The number of carbonyl (C=O) groups excluding carboxylic acids is 2. The van der Waals surface area contributed by atoms with E-state index in [4.69, 9.17) is 27.9 Å². The Bertz CT molecular complexity index is 902. The Hall–Kier alpha value is -2.71. The molecule has 0 saturated heterocycles. The van der Waals surface area contributed by atoms with E-state index >= 15 is 0 Å². The van der Waals surface area contributed by atoms with Crippen molar-refractivity contribution in [2.75, 3.05) is 11.9 Å². The summed E-state index contributed by atoms with van der Waals surface area (Å²) in [6.45, 7) is 2.76. The molecule has 2 rings (SSSR count). The molecule has 8 nitrogen and oxygen atoms in total. The monoisotopic (exact) mass is 397 g/mol. The van der Waals surface area contributed by atoms with E-state index in [1.54, 1.807) is 19.9 Å². The Labute approximate surface area is 158 Å². The summed E-state index contributed by atoms with van der Waals surface area (Å²) < 4.78 is 4.86. The van der Waals surface area contributed by atoms with Crippen molar-refractivity contribution < 1.29 is 19.2 Å². The molecule has 0 bridgehead atoms. The van der Waals surface area contributed by atoms with Crippen molar-refractivity contribution in [1.82, 2.24) is 4.98 Å². The van der Waals surface area contributed by atoms with Crippen LogP contribution < -0.4 is 5.32 Å². The summed E-state index contributed by atoms with van der Waals surface area (Å²) in [4.78, 5) is 38.2. The van der Waals surface area contributed by atoms with Crippen LogP contribution in [0.15, 0.2) is 24.4 Å². The third kappa shape index (κ3) is 4.47. The number of rotatable bonds is 5. The maximum absolute atomic E-state index is 12.0. The molecule has 0 aliphatic rings. The lowest BCUT2D eigenvalue weighted by atomic mass is 10.1. The van der Waals surface area contributed by atoms with Gasteiger partial charge in [-0.2, -0.15) is 0 Å². The number of esters is 1. The number of pyridine rings is 1. The summed E-state index contributed by atoms with van der Waals surface area (Å²) in [6.07, 6.45) is 1.16. The molecule has 0 radical (unpaired) electrons. The molecule has 0 unspecified atom stereocenters. The zero-order chi connectivity index (χ0) is 19.4. The summed E-state index contributed by atoms with van der Waals surface area (Å²) >= 11 is 11.4. The molecule has 1 aromatic heterocycles. The van der Waals surface area contributed by atoms with E-state index in [0.717, 1.165) is 11.8 Å². The third-order valence-corrected chi connectivity index (χ3v) is 4.23. The quantitative estimate of drug-likeness (QED) is 0.356. The zero-order valence-corrected chi connectivity index (χ0v) is 15.2. The summed E-state index contributed by atoms with van der Waals surface area (Å²) in [6, 6.07) is 4.14. The van der Waals surface area contributed by atoms with E-state index < -0.39 is 23.4 Å². The van der Waals surface area contributed by atoms with Crippen LogP contribution in [0, 0.1) is 24.0 Å². The van der Waals surface area contributed by atoms with Crippen LogP contribution in [0.1, 0.15) is 21.5 Å². The average Bonchev–Trinajstić information content (AvgIpc) is 2.59. The normalized spacial score (nSPS) is 10.3. The fraction of sp³-hybridized carbons (Fsp3) is 0.188. The Morgan fingerprint density at radius 3 is 2.62 bits per heavy atom. The molecule has 0 aliphatic carbocycles. The van der Waals surface area contributed by atoms with E-state index in [0.29, 0.717) is 5.56 Å². The van der Waals surface area contributed by atoms with E-state index in [-0.39, 0.29) is 27.1 Å². The Balaban J connectivity index is 2.07. The van der Waals surface area contributed by atoms with Gasteiger partial charge in [0.2, 0.25) is 0 Å². The number of aromatic nitrogens is 1. The molecular formula is C16H13Cl2N3O5. The fourth-order valence-electron chi connectivity index (χ4n) is 2.03. The lowest BCUT2D eigenvalue weighted by Crippen LogP contribution is -2.22. The van der Waals surface area contributed by atoms with E-state index in [9.17, 15) is 19.7 Å². The van der Waals surface area contributed by atoms with Gasteiger partial charge in [0.15, 0.2) is 6.61 Å². The first-order valence-electron chi connectivity index (χ1n) is 7.23. The van der Waals surface area contributed by atoms with Crippen LogP contribution in [0.5, 0.6) is 0 Å². The number of nitro benzene ring substituents is 1. The Kier molecular flexibility index (Phi) is 6.12. The van der Waals surface area contributed by atoms with Gasteiger partial charge in [-0.15, -0.1) is 0 Å². The SMILES string of the molecule is Cc1ccc([N+](=O)[O-])c(NC(=O)COC(=O)c2cnc(Cl)c(Cl)c2)c1C. The molecule has 0 spiro atoms. The van der Waals surface area contributed by atoms with Crippen LogP contribution in [0.4, 0.5) is 11.4 Å². The first kappa shape index (κ1) is 19.6. The number of hydrogen-bond acceptors (Lipinski definition) is 6. The molecule has 0 fully saturated rings. The maximum atomic E-state index is 12.0. The molecule has 1 N–H and O–H groups in total. The molecule has 1 amide bonds. The number of nitrogens with one attached hydrogen (secondary N) is 1. The van der Waals surface area contributed by atoms with Gasteiger partial charge < -0.3 is 10.1 Å². The molecule has 1 heterocycles. The van der Waals surface area contributed by atoms with Gasteiger partial charge >= 0.3 is 5.97 Å². The van der Waals surface area contributed by atoms with Gasteiger partial charge in [-0.05, 0) is 31.0 Å². The molecule has 0 aliphatic heterocycles. The number of ether oxygens (including phenoxy) is 1. The van der Waals surface area contributed by atoms with Gasteiger partial charge in [0, 0.05) is 12.3 Å². The maximum Gasteiger partial charge on any atom is 0.340 e. The summed E-state index contributed by atoms with van der Waals surface area (Å²) in [5, 5.41) is 13.6. The van der Waals surface area contributed by atoms with E-state index in [1.165, 1.54) is 12.1 Å². The molecule has 2 aromatic rings. The van der Waals surface area contributed by atoms with Crippen molar-refractivity contribution in [3.05, 3.63) is 61.4 Å². The highest BCUT2D eigenvalue weighted by atomic mass is 35.5. The van der Waals surface area contributed by atoms with Gasteiger partial charge in [-0.3, -0.25) is 14.9 Å². The number of benzene rings is 1. The van der Waals surface area contributed by atoms with E-state index in [1.807, 2.05) is 0 Å². The minimum atomic E-state index is -0.832. The van der Waals surface area contributed by atoms with Crippen molar-refractivity contribution in [2.45, 2.75) is 13.8 Å². The van der Waals surface area contributed by atoms with Gasteiger partial charge in [-0.25, -0.2) is 9.78 Å². The van der Waals surface area contributed by atoms with Crippen molar-refractivity contribution >= 4 is 46.5 Å². The number of halogens is 2. The highest BCUT2D eigenvalue weighted by molar-refractivity contribution is 6.41. The first-order valence-corrected chi connectivity index (χ1v) is 7.99. The fourth-order valence-corrected chi connectivity index (χ4v) is 2.30. The number of nitrogens with zero attached hydrogens (tertiary/aromatic N) is 2. The predicted octanol–water partition coefficient (Wildman–Crippen LogP) is 3.71. The average molecular weight is 398 g/mol. The zero-order valence-electron chi connectivity index (χ0n) is 13.7. The van der Waals surface area contributed by atoms with Crippen LogP contribution >= 0.6 is 23.2 Å². The van der Waals surface area contributed by atoms with Gasteiger partial charge in [0.1, 0.15) is 10.8 Å².